The Morgan fingerprint density at radius 3 is 2.58 bits per heavy atom. The summed E-state index contributed by atoms with van der Waals surface area (Å²) in [5.41, 5.74) is 1.82. The lowest BCUT2D eigenvalue weighted by molar-refractivity contribution is 1.09. The molecule has 0 aromatic carbocycles. The Hall–Kier alpha value is -1.38. The van der Waals surface area contributed by atoms with Gasteiger partial charge in [0.05, 0.1) is 5.71 Å². The topological polar surface area (TPSA) is 48.2 Å². The third-order valence-corrected chi connectivity index (χ3v) is 1.29. The average Bonchev–Trinajstić information content (AvgIpc) is 2.04. The van der Waals surface area contributed by atoms with Crippen molar-refractivity contribution < 1.29 is 0 Å². The summed E-state index contributed by atoms with van der Waals surface area (Å²) in [5.74, 6) is 0. The van der Waals surface area contributed by atoms with E-state index in [0.717, 1.165) is 17.6 Å². The fourth-order valence-corrected chi connectivity index (χ4v) is 0.794. The summed E-state index contributed by atoms with van der Waals surface area (Å²) in [6.45, 7) is 3.87. The number of hydrogen-bond acceptors (Lipinski definition) is 2. The van der Waals surface area contributed by atoms with Crippen molar-refractivity contribution in [2.75, 3.05) is 7.05 Å². The normalized spacial score (nSPS) is 13.6. The molecule has 0 radical (unpaired) electrons. The molecule has 3 heteroatoms. The van der Waals surface area contributed by atoms with Gasteiger partial charge in [-0.3, -0.25) is 5.41 Å². The van der Waals surface area contributed by atoms with Crippen LogP contribution in [-0.4, -0.2) is 19.1 Å². The average molecular weight is 165 g/mol. The maximum atomic E-state index is 6.84. The number of aliphatic imine (C=N–C) groups is 1. The molecule has 0 spiro atoms. The molecule has 0 saturated heterocycles. The first-order valence-electron chi connectivity index (χ1n) is 3.80. The molecule has 0 atom stereocenters. The van der Waals surface area contributed by atoms with Gasteiger partial charge in [-0.1, -0.05) is 6.08 Å². The summed E-state index contributed by atoms with van der Waals surface area (Å²) >= 11 is 0. The van der Waals surface area contributed by atoms with E-state index in [9.17, 15) is 0 Å². The molecule has 0 aliphatic heterocycles. The van der Waals surface area contributed by atoms with E-state index in [1.807, 2.05) is 39.2 Å². The van der Waals surface area contributed by atoms with E-state index in [1.54, 1.807) is 0 Å². The minimum absolute atomic E-state index is 0.807. The zero-order valence-corrected chi connectivity index (χ0v) is 7.76. The van der Waals surface area contributed by atoms with Crippen molar-refractivity contribution in [3.8, 4) is 0 Å². The molecule has 0 aromatic heterocycles. The van der Waals surface area contributed by atoms with E-state index in [2.05, 4.69) is 10.3 Å². The lowest BCUT2D eigenvalue weighted by atomic mass is 10.2. The molecule has 2 N–H and O–H groups in total. The maximum Gasteiger partial charge on any atom is 0.107 e. The van der Waals surface area contributed by atoms with Crippen LogP contribution >= 0.6 is 0 Å². The number of hydrogen-bond donors (Lipinski definition) is 2. The van der Waals surface area contributed by atoms with E-state index >= 15 is 0 Å². The van der Waals surface area contributed by atoms with E-state index < -0.39 is 0 Å². The van der Waals surface area contributed by atoms with Crippen molar-refractivity contribution in [3.63, 3.8) is 0 Å². The molecule has 0 aliphatic rings. The van der Waals surface area contributed by atoms with Crippen LogP contribution in [-0.2, 0) is 0 Å². The molecule has 0 fully saturated rings. The minimum Gasteiger partial charge on any atom is -0.394 e. The molecule has 0 heterocycles. The van der Waals surface area contributed by atoms with Crippen molar-refractivity contribution in [3.05, 3.63) is 23.9 Å². The standard InChI is InChI=1S/C9H15N3/c1-4-5-9(12-7-10)8(2)6-11-3/h4-7,10-11H,1-3H3/b5-4-,8-6+,10-7?,12-9-. The van der Waals surface area contributed by atoms with Gasteiger partial charge in [0.1, 0.15) is 6.34 Å². The van der Waals surface area contributed by atoms with Crippen LogP contribution in [0.1, 0.15) is 13.8 Å². The van der Waals surface area contributed by atoms with Crippen molar-refractivity contribution in [2.45, 2.75) is 13.8 Å². The molecule has 66 valence electrons. The second-order valence-corrected chi connectivity index (χ2v) is 2.26. The highest BCUT2D eigenvalue weighted by molar-refractivity contribution is 6.10. The number of allylic oxidation sites excluding steroid dienone is 3. The smallest absolute Gasteiger partial charge is 0.107 e. The largest absolute Gasteiger partial charge is 0.394 e. The number of nitrogens with zero attached hydrogens (tertiary/aromatic N) is 1. The van der Waals surface area contributed by atoms with Crippen molar-refractivity contribution in [2.24, 2.45) is 4.99 Å². The molecular weight excluding hydrogens is 150 g/mol. The van der Waals surface area contributed by atoms with Gasteiger partial charge in [-0.15, -0.1) is 0 Å². The van der Waals surface area contributed by atoms with Crippen LogP contribution in [0.15, 0.2) is 28.9 Å². The Morgan fingerprint density at radius 2 is 2.17 bits per heavy atom. The van der Waals surface area contributed by atoms with Gasteiger partial charge in [-0.25, -0.2) is 4.99 Å². The Morgan fingerprint density at radius 1 is 1.50 bits per heavy atom. The van der Waals surface area contributed by atoms with Gasteiger partial charge in [-0.05, 0) is 25.5 Å². The van der Waals surface area contributed by atoms with Crippen molar-refractivity contribution >= 4 is 12.1 Å². The molecule has 0 bridgehead atoms. The third-order valence-electron chi connectivity index (χ3n) is 1.29. The first-order chi connectivity index (χ1) is 5.76. The third kappa shape index (κ3) is 3.71. The molecule has 0 unspecified atom stereocenters. The predicted octanol–water partition coefficient (Wildman–Crippen LogP) is 1.73. The highest BCUT2D eigenvalue weighted by Crippen LogP contribution is 1.96. The minimum atomic E-state index is 0.807. The second kappa shape index (κ2) is 6.34. The molecule has 0 rings (SSSR count). The molecule has 3 nitrogen and oxygen atoms in total. The van der Waals surface area contributed by atoms with Gasteiger partial charge in [0.2, 0.25) is 0 Å². The molecule has 0 saturated carbocycles. The van der Waals surface area contributed by atoms with E-state index in [-0.39, 0.29) is 0 Å². The van der Waals surface area contributed by atoms with Gasteiger partial charge in [0.15, 0.2) is 0 Å². The lowest BCUT2D eigenvalue weighted by Crippen LogP contribution is -2.02. The molecular formula is C9H15N3. The van der Waals surface area contributed by atoms with Crippen LogP contribution in [0, 0.1) is 5.41 Å². The highest BCUT2D eigenvalue weighted by atomic mass is 14.8. The van der Waals surface area contributed by atoms with Crippen LogP contribution in [0.25, 0.3) is 0 Å². The Labute approximate surface area is 73.4 Å². The van der Waals surface area contributed by atoms with Gasteiger partial charge in [0, 0.05) is 13.2 Å². The van der Waals surface area contributed by atoms with Crippen LogP contribution in [0.2, 0.25) is 0 Å². The van der Waals surface area contributed by atoms with Gasteiger partial charge in [0.25, 0.3) is 0 Å². The summed E-state index contributed by atoms with van der Waals surface area (Å²) in [7, 11) is 1.83. The van der Waals surface area contributed by atoms with E-state index in [0.29, 0.717) is 0 Å². The number of nitrogens with one attached hydrogen (secondary N) is 2. The summed E-state index contributed by atoms with van der Waals surface area (Å²) in [5, 5.41) is 9.76. The first-order valence-corrected chi connectivity index (χ1v) is 3.80. The Kier molecular flexibility index (Phi) is 5.61. The second-order valence-electron chi connectivity index (χ2n) is 2.26. The monoisotopic (exact) mass is 165 g/mol. The van der Waals surface area contributed by atoms with Crippen LogP contribution in [0.5, 0.6) is 0 Å². The highest BCUT2D eigenvalue weighted by Gasteiger charge is 1.94. The summed E-state index contributed by atoms with van der Waals surface area (Å²) in [4.78, 5) is 3.90. The molecule has 0 aromatic rings. The molecule has 0 amide bonds. The molecule has 0 aliphatic carbocycles. The van der Waals surface area contributed by atoms with E-state index in [1.165, 1.54) is 0 Å². The van der Waals surface area contributed by atoms with Crippen LogP contribution in [0.3, 0.4) is 0 Å². The van der Waals surface area contributed by atoms with Crippen molar-refractivity contribution in [1.82, 2.24) is 5.32 Å². The predicted molar refractivity (Wildman–Crippen MR) is 53.8 cm³/mol. The van der Waals surface area contributed by atoms with Crippen LogP contribution < -0.4 is 5.32 Å². The summed E-state index contributed by atoms with van der Waals surface area (Å²) in [6.07, 6.45) is 6.66. The fourth-order valence-electron chi connectivity index (χ4n) is 0.794. The Bertz CT molecular complexity index is 224. The Balaban J connectivity index is 4.62. The lowest BCUT2D eigenvalue weighted by Gasteiger charge is -1.98. The summed E-state index contributed by atoms with van der Waals surface area (Å²) < 4.78 is 0. The van der Waals surface area contributed by atoms with Gasteiger partial charge >= 0.3 is 0 Å². The fraction of sp³-hybridized carbons (Fsp3) is 0.333. The molecule has 12 heavy (non-hydrogen) atoms. The van der Waals surface area contributed by atoms with Crippen molar-refractivity contribution in [1.29, 1.82) is 5.41 Å². The maximum absolute atomic E-state index is 6.84. The first kappa shape index (κ1) is 10.6. The van der Waals surface area contributed by atoms with E-state index in [4.69, 9.17) is 5.41 Å². The quantitative estimate of drug-likeness (QED) is 0.483. The summed E-state index contributed by atoms with van der Waals surface area (Å²) in [6, 6.07) is 0. The SMILES string of the molecule is C\C=C/C(=N/C=N)C(/C)=C/NC. The van der Waals surface area contributed by atoms with Crippen LogP contribution in [0.4, 0.5) is 0 Å². The van der Waals surface area contributed by atoms with Gasteiger partial charge < -0.3 is 5.32 Å². The zero-order chi connectivity index (χ0) is 9.40. The van der Waals surface area contributed by atoms with Gasteiger partial charge in [-0.2, -0.15) is 0 Å². The zero-order valence-electron chi connectivity index (χ0n) is 7.76. The number of rotatable bonds is 4.